The lowest BCUT2D eigenvalue weighted by molar-refractivity contribution is -0.140. The first-order valence-corrected chi connectivity index (χ1v) is 6.22. The van der Waals surface area contributed by atoms with Gasteiger partial charge in [-0.25, -0.2) is 4.39 Å². The Morgan fingerprint density at radius 3 is 2.33 bits per heavy atom. The highest BCUT2D eigenvalue weighted by Crippen LogP contribution is 2.39. The third-order valence-corrected chi connectivity index (χ3v) is 3.60. The van der Waals surface area contributed by atoms with Crippen molar-refractivity contribution < 1.29 is 22.7 Å². The molecule has 0 heterocycles. The second-order valence-corrected chi connectivity index (χ2v) is 5.01. The Bertz CT molecular complexity index is 431. The van der Waals surface area contributed by atoms with Crippen LogP contribution >= 0.6 is 15.9 Å². The van der Waals surface area contributed by atoms with E-state index in [1.165, 1.54) is 0 Å². The summed E-state index contributed by atoms with van der Waals surface area (Å²) >= 11 is 2.98. The van der Waals surface area contributed by atoms with Crippen molar-refractivity contribution in [2.75, 3.05) is 0 Å². The zero-order chi connectivity index (χ0) is 14.1. The molecule has 2 unspecified atom stereocenters. The Morgan fingerprint density at radius 2 is 1.89 bits per heavy atom. The fraction of sp³-hybridized carbons (Fsp3) is 0.500. The van der Waals surface area contributed by atoms with Gasteiger partial charge in [-0.15, -0.1) is 0 Å². The molecular weight excluding hydrogens is 316 g/mol. The number of hydrogen-bond donors (Lipinski definition) is 1. The molecule has 1 aromatic carbocycles. The Labute approximate surface area is 111 Å². The van der Waals surface area contributed by atoms with Crippen LogP contribution < -0.4 is 0 Å². The first-order valence-electron chi connectivity index (χ1n) is 5.43. The summed E-state index contributed by atoms with van der Waals surface area (Å²) in [6.07, 6.45) is -5.51. The number of alkyl halides is 3. The summed E-state index contributed by atoms with van der Waals surface area (Å²) < 4.78 is 51.7. The quantitative estimate of drug-likeness (QED) is 0.798. The lowest BCUT2D eigenvalue weighted by atomic mass is 9.93. The predicted octanol–water partition coefficient (Wildman–Crippen LogP) is 4.69. The van der Waals surface area contributed by atoms with Crippen molar-refractivity contribution in [2.45, 2.75) is 32.5 Å². The van der Waals surface area contributed by atoms with Crippen molar-refractivity contribution in [3.63, 3.8) is 0 Å². The largest absolute Gasteiger partial charge is 0.419 e. The lowest BCUT2D eigenvalue weighted by Gasteiger charge is -2.21. The van der Waals surface area contributed by atoms with Gasteiger partial charge in [-0.05, 0) is 18.1 Å². The van der Waals surface area contributed by atoms with Gasteiger partial charge in [0.05, 0.1) is 11.7 Å². The first kappa shape index (κ1) is 15.4. The van der Waals surface area contributed by atoms with Crippen molar-refractivity contribution in [1.29, 1.82) is 0 Å². The molecule has 0 spiro atoms. The molecule has 0 saturated heterocycles. The fourth-order valence-electron chi connectivity index (χ4n) is 1.57. The van der Waals surface area contributed by atoms with E-state index in [2.05, 4.69) is 15.9 Å². The summed E-state index contributed by atoms with van der Waals surface area (Å²) in [5, 5.41) is 9.90. The average molecular weight is 329 g/mol. The van der Waals surface area contributed by atoms with Gasteiger partial charge in [0.15, 0.2) is 0 Å². The van der Waals surface area contributed by atoms with E-state index in [-0.39, 0.29) is 16.0 Å². The van der Waals surface area contributed by atoms with Crippen LogP contribution in [0.5, 0.6) is 0 Å². The van der Waals surface area contributed by atoms with E-state index in [1.807, 2.05) is 0 Å². The molecule has 0 fully saturated rings. The van der Waals surface area contributed by atoms with Crippen LogP contribution in [0.25, 0.3) is 0 Å². The van der Waals surface area contributed by atoms with E-state index >= 15 is 0 Å². The SMILES string of the molecule is CCC(C)C(O)c1c(Br)ccc(C(F)(F)F)c1F. The van der Waals surface area contributed by atoms with E-state index in [4.69, 9.17) is 0 Å². The maximum atomic E-state index is 13.9. The van der Waals surface area contributed by atoms with Crippen LogP contribution in [0.2, 0.25) is 0 Å². The molecule has 1 N–H and O–H groups in total. The maximum absolute atomic E-state index is 13.9. The number of hydrogen-bond acceptors (Lipinski definition) is 1. The minimum Gasteiger partial charge on any atom is -0.388 e. The van der Waals surface area contributed by atoms with Gasteiger partial charge in [0.1, 0.15) is 5.82 Å². The smallest absolute Gasteiger partial charge is 0.388 e. The summed E-state index contributed by atoms with van der Waals surface area (Å²) in [6.45, 7) is 3.42. The molecule has 0 radical (unpaired) electrons. The van der Waals surface area contributed by atoms with Crippen molar-refractivity contribution in [1.82, 2.24) is 0 Å². The minimum atomic E-state index is -4.77. The number of benzene rings is 1. The molecule has 2 atom stereocenters. The molecular formula is C12H13BrF4O. The van der Waals surface area contributed by atoms with Crippen LogP contribution in [0.4, 0.5) is 17.6 Å². The van der Waals surface area contributed by atoms with Gasteiger partial charge in [-0.3, -0.25) is 0 Å². The zero-order valence-electron chi connectivity index (χ0n) is 9.85. The van der Waals surface area contributed by atoms with Gasteiger partial charge < -0.3 is 5.11 Å². The molecule has 0 aliphatic rings. The fourth-order valence-corrected chi connectivity index (χ4v) is 2.11. The van der Waals surface area contributed by atoms with Gasteiger partial charge in [0.25, 0.3) is 0 Å². The minimum absolute atomic E-state index is 0.140. The van der Waals surface area contributed by atoms with Crippen molar-refractivity contribution in [2.24, 2.45) is 5.92 Å². The highest BCUT2D eigenvalue weighted by molar-refractivity contribution is 9.10. The second-order valence-electron chi connectivity index (χ2n) is 4.15. The maximum Gasteiger partial charge on any atom is 0.419 e. The van der Waals surface area contributed by atoms with Crippen molar-refractivity contribution >= 4 is 15.9 Å². The topological polar surface area (TPSA) is 20.2 Å². The van der Waals surface area contributed by atoms with Gasteiger partial charge in [-0.1, -0.05) is 36.2 Å². The third-order valence-electron chi connectivity index (χ3n) is 2.91. The van der Waals surface area contributed by atoms with Crippen LogP contribution in [0.3, 0.4) is 0 Å². The molecule has 0 bridgehead atoms. The molecule has 1 rings (SSSR count). The predicted molar refractivity (Wildman–Crippen MR) is 63.5 cm³/mol. The molecule has 102 valence electrons. The summed E-state index contributed by atoms with van der Waals surface area (Å²) in [5.74, 6) is -1.75. The monoisotopic (exact) mass is 328 g/mol. The normalized spacial score (nSPS) is 15.6. The summed E-state index contributed by atoms with van der Waals surface area (Å²) in [7, 11) is 0. The summed E-state index contributed by atoms with van der Waals surface area (Å²) in [5.41, 5.74) is -1.69. The Hall–Kier alpha value is -0.620. The Balaban J connectivity index is 3.35. The van der Waals surface area contributed by atoms with Crippen molar-refractivity contribution in [3.8, 4) is 0 Å². The molecule has 18 heavy (non-hydrogen) atoms. The second kappa shape index (κ2) is 5.57. The summed E-state index contributed by atoms with van der Waals surface area (Å²) in [6, 6.07) is 1.76. The van der Waals surface area contributed by atoms with Gasteiger partial charge in [0, 0.05) is 10.0 Å². The third kappa shape index (κ3) is 3.03. The number of halogens is 5. The van der Waals surface area contributed by atoms with Crippen molar-refractivity contribution in [3.05, 3.63) is 33.5 Å². The highest BCUT2D eigenvalue weighted by atomic mass is 79.9. The summed E-state index contributed by atoms with van der Waals surface area (Å²) in [4.78, 5) is 0. The van der Waals surface area contributed by atoms with E-state index in [9.17, 15) is 22.7 Å². The number of rotatable bonds is 3. The number of aliphatic hydroxyl groups excluding tert-OH is 1. The molecule has 6 heteroatoms. The molecule has 0 amide bonds. The molecule has 0 aromatic heterocycles. The van der Waals surface area contributed by atoms with E-state index < -0.39 is 23.7 Å². The highest BCUT2D eigenvalue weighted by Gasteiger charge is 2.37. The van der Waals surface area contributed by atoms with Gasteiger partial charge >= 0.3 is 6.18 Å². The van der Waals surface area contributed by atoms with Crippen LogP contribution in [0.1, 0.15) is 37.5 Å². The molecule has 0 saturated carbocycles. The van der Waals surface area contributed by atoms with E-state index in [0.29, 0.717) is 12.5 Å². The zero-order valence-corrected chi connectivity index (χ0v) is 11.4. The van der Waals surface area contributed by atoms with Crippen LogP contribution in [-0.4, -0.2) is 5.11 Å². The number of aliphatic hydroxyl groups is 1. The van der Waals surface area contributed by atoms with E-state index in [0.717, 1.165) is 6.07 Å². The van der Waals surface area contributed by atoms with Gasteiger partial charge in [-0.2, -0.15) is 13.2 Å². The molecule has 1 aromatic rings. The lowest BCUT2D eigenvalue weighted by Crippen LogP contribution is -2.15. The standard InChI is InChI=1S/C12H13BrF4O/c1-3-6(2)11(18)9-8(13)5-4-7(10(9)14)12(15,16)17/h4-6,11,18H,3H2,1-2H3. The van der Waals surface area contributed by atoms with Crippen LogP contribution in [0, 0.1) is 11.7 Å². The van der Waals surface area contributed by atoms with Crippen LogP contribution in [-0.2, 0) is 6.18 Å². The Kier molecular flexibility index (Phi) is 4.78. The van der Waals surface area contributed by atoms with Crippen LogP contribution in [0.15, 0.2) is 16.6 Å². The first-order chi connectivity index (χ1) is 8.20. The molecule has 1 nitrogen and oxygen atoms in total. The average Bonchev–Trinajstić information content (AvgIpc) is 2.25. The molecule has 0 aliphatic heterocycles. The molecule has 0 aliphatic carbocycles. The van der Waals surface area contributed by atoms with E-state index in [1.54, 1.807) is 13.8 Å². The Morgan fingerprint density at radius 1 is 1.33 bits per heavy atom. The van der Waals surface area contributed by atoms with Gasteiger partial charge in [0.2, 0.25) is 0 Å².